The largest absolute Gasteiger partial charge is 0.315 e. The standard InChI is InChI=1S/C11H12ClNO3S/c1-13-10(14)6-5-8-3-2-4-9(11(8)13)7-17(12,15)16/h2-4H,5-7H2,1H3. The van der Waals surface area contributed by atoms with Crippen LogP contribution < -0.4 is 4.90 Å². The monoisotopic (exact) mass is 273 g/mol. The van der Waals surface area contributed by atoms with Crippen LogP contribution in [0.1, 0.15) is 17.5 Å². The Bertz CT molecular complexity index is 568. The van der Waals surface area contributed by atoms with Crippen LogP contribution in [-0.4, -0.2) is 21.4 Å². The number of rotatable bonds is 2. The fourth-order valence-corrected chi connectivity index (χ4v) is 3.07. The van der Waals surface area contributed by atoms with E-state index in [1.165, 1.54) is 4.90 Å². The molecule has 0 saturated carbocycles. The highest BCUT2D eigenvalue weighted by molar-refractivity contribution is 8.13. The smallest absolute Gasteiger partial charge is 0.236 e. The molecule has 0 atom stereocenters. The molecule has 1 aliphatic heterocycles. The van der Waals surface area contributed by atoms with E-state index in [0.717, 1.165) is 5.56 Å². The first kappa shape index (κ1) is 12.4. The Morgan fingerprint density at radius 2 is 2.06 bits per heavy atom. The van der Waals surface area contributed by atoms with Gasteiger partial charge in [-0.2, -0.15) is 0 Å². The van der Waals surface area contributed by atoms with Gasteiger partial charge >= 0.3 is 0 Å². The van der Waals surface area contributed by atoms with Gasteiger partial charge in [-0.25, -0.2) is 8.42 Å². The zero-order valence-electron chi connectivity index (χ0n) is 9.31. The summed E-state index contributed by atoms with van der Waals surface area (Å²) in [6.07, 6.45) is 1.11. The number of carbonyl (C=O) groups excluding carboxylic acids is 1. The third kappa shape index (κ3) is 2.61. The fourth-order valence-electron chi connectivity index (χ4n) is 2.11. The van der Waals surface area contributed by atoms with Crippen LogP contribution in [0.2, 0.25) is 0 Å². The summed E-state index contributed by atoms with van der Waals surface area (Å²) in [5.74, 6) is -0.257. The second kappa shape index (κ2) is 4.31. The number of halogens is 1. The van der Waals surface area contributed by atoms with Gasteiger partial charge in [-0.05, 0) is 17.5 Å². The molecule has 6 heteroatoms. The van der Waals surface area contributed by atoms with Crippen LogP contribution in [-0.2, 0) is 26.0 Å². The third-order valence-corrected chi connectivity index (χ3v) is 3.83. The highest BCUT2D eigenvalue weighted by Crippen LogP contribution is 2.31. The number of para-hydroxylation sites is 1. The maximum Gasteiger partial charge on any atom is 0.236 e. The van der Waals surface area contributed by atoms with Gasteiger partial charge in [0.05, 0.1) is 11.4 Å². The number of nitrogens with zero attached hydrogens (tertiary/aromatic N) is 1. The highest BCUT2D eigenvalue weighted by Gasteiger charge is 2.24. The molecule has 4 nitrogen and oxygen atoms in total. The van der Waals surface area contributed by atoms with Crippen molar-refractivity contribution in [2.45, 2.75) is 18.6 Å². The van der Waals surface area contributed by atoms with E-state index in [1.54, 1.807) is 19.2 Å². The summed E-state index contributed by atoms with van der Waals surface area (Å²) in [6.45, 7) is 0. The van der Waals surface area contributed by atoms with Gasteiger partial charge in [0, 0.05) is 24.2 Å². The lowest BCUT2D eigenvalue weighted by Crippen LogP contribution is -2.32. The van der Waals surface area contributed by atoms with Crippen LogP contribution in [0, 0.1) is 0 Å². The van der Waals surface area contributed by atoms with Gasteiger partial charge in [0.1, 0.15) is 0 Å². The lowest BCUT2D eigenvalue weighted by atomic mass is 9.98. The number of amides is 1. The SMILES string of the molecule is CN1C(=O)CCc2cccc(CS(=O)(=O)Cl)c21. The molecule has 2 rings (SSSR count). The predicted molar refractivity (Wildman–Crippen MR) is 66.6 cm³/mol. The molecule has 1 aliphatic rings. The summed E-state index contributed by atoms with van der Waals surface area (Å²) in [5.41, 5.74) is 2.26. The quantitative estimate of drug-likeness (QED) is 0.770. The summed E-state index contributed by atoms with van der Waals surface area (Å²) in [7, 11) is 3.30. The van der Waals surface area contributed by atoms with Gasteiger partial charge in [0.25, 0.3) is 0 Å². The fraction of sp³-hybridized carbons (Fsp3) is 0.364. The number of carbonyl (C=O) groups is 1. The van der Waals surface area contributed by atoms with Crippen molar-refractivity contribution >= 4 is 31.3 Å². The third-order valence-electron chi connectivity index (χ3n) is 2.85. The van der Waals surface area contributed by atoms with E-state index >= 15 is 0 Å². The molecule has 1 amide bonds. The van der Waals surface area contributed by atoms with E-state index in [9.17, 15) is 13.2 Å². The van der Waals surface area contributed by atoms with Gasteiger partial charge in [-0.15, -0.1) is 0 Å². The van der Waals surface area contributed by atoms with E-state index in [2.05, 4.69) is 0 Å². The Morgan fingerprint density at radius 3 is 2.71 bits per heavy atom. The molecule has 0 bridgehead atoms. The van der Waals surface area contributed by atoms with Crippen molar-refractivity contribution in [2.24, 2.45) is 0 Å². The molecule has 1 aromatic carbocycles. The van der Waals surface area contributed by atoms with Crippen molar-refractivity contribution < 1.29 is 13.2 Å². The average molecular weight is 274 g/mol. The molecule has 0 fully saturated rings. The van der Waals surface area contributed by atoms with Crippen LogP contribution in [0.4, 0.5) is 5.69 Å². The van der Waals surface area contributed by atoms with Crippen molar-refractivity contribution in [3.05, 3.63) is 29.3 Å². The Morgan fingerprint density at radius 1 is 1.35 bits per heavy atom. The van der Waals surface area contributed by atoms with Gasteiger partial charge in [-0.1, -0.05) is 18.2 Å². The number of anilines is 1. The summed E-state index contributed by atoms with van der Waals surface area (Å²) >= 11 is 0. The molecule has 0 aliphatic carbocycles. The zero-order valence-corrected chi connectivity index (χ0v) is 10.9. The number of benzene rings is 1. The van der Waals surface area contributed by atoms with Crippen LogP contribution >= 0.6 is 10.7 Å². The average Bonchev–Trinajstić information content (AvgIpc) is 2.21. The van der Waals surface area contributed by atoms with Gasteiger partial charge in [-0.3, -0.25) is 4.79 Å². The van der Waals surface area contributed by atoms with Crippen molar-refractivity contribution in [1.29, 1.82) is 0 Å². The van der Waals surface area contributed by atoms with Crippen molar-refractivity contribution in [2.75, 3.05) is 11.9 Å². The first-order chi connectivity index (χ1) is 7.88. The lowest BCUT2D eigenvalue weighted by Gasteiger charge is -2.28. The van der Waals surface area contributed by atoms with Crippen molar-refractivity contribution in [1.82, 2.24) is 0 Å². The first-order valence-electron chi connectivity index (χ1n) is 5.18. The highest BCUT2D eigenvalue weighted by atomic mass is 35.7. The molecule has 0 saturated heterocycles. The minimum absolute atomic E-state index is 0.00285. The van der Waals surface area contributed by atoms with Gasteiger partial charge < -0.3 is 4.90 Å². The molecular formula is C11H12ClNO3S. The maximum absolute atomic E-state index is 11.6. The van der Waals surface area contributed by atoms with E-state index in [0.29, 0.717) is 24.1 Å². The summed E-state index contributed by atoms with van der Waals surface area (Å²) in [5, 5.41) is 0. The van der Waals surface area contributed by atoms with E-state index in [4.69, 9.17) is 10.7 Å². The molecule has 1 heterocycles. The summed E-state index contributed by atoms with van der Waals surface area (Å²) in [4.78, 5) is 13.1. The minimum Gasteiger partial charge on any atom is -0.315 e. The first-order valence-corrected chi connectivity index (χ1v) is 7.66. The van der Waals surface area contributed by atoms with Gasteiger partial charge in [0.2, 0.25) is 15.0 Å². The minimum atomic E-state index is -3.62. The second-order valence-corrected chi connectivity index (χ2v) is 6.84. The Labute approximate surface area is 105 Å². The molecule has 0 aromatic heterocycles. The molecule has 0 unspecified atom stereocenters. The number of fused-ring (bicyclic) bond motifs is 1. The van der Waals surface area contributed by atoms with Crippen LogP contribution in [0.25, 0.3) is 0 Å². The topological polar surface area (TPSA) is 54.5 Å². The number of aryl methyl sites for hydroxylation is 1. The van der Waals surface area contributed by atoms with Crippen molar-refractivity contribution in [3.63, 3.8) is 0 Å². The summed E-state index contributed by atoms with van der Waals surface area (Å²) < 4.78 is 22.3. The Kier molecular flexibility index (Phi) is 3.14. The van der Waals surface area contributed by atoms with Crippen LogP contribution in [0.15, 0.2) is 18.2 Å². The Hall–Kier alpha value is -1.07. The van der Waals surface area contributed by atoms with Gasteiger partial charge in [0.15, 0.2) is 0 Å². The predicted octanol–water partition coefficient (Wildman–Crippen LogP) is 1.66. The number of hydrogen-bond acceptors (Lipinski definition) is 3. The molecule has 17 heavy (non-hydrogen) atoms. The lowest BCUT2D eigenvalue weighted by molar-refractivity contribution is -0.118. The molecule has 92 valence electrons. The van der Waals surface area contributed by atoms with E-state index in [1.807, 2.05) is 6.07 Å². The Balaban J connectivity index is 2.52. The molecule has 0 spiro atoms. The molecular weight excluding hydrogens is 262 g/mol. The zero-order chi connectivity index (χ0) is 12.6. The van der Waals surface area contributed by atoms with Crippen LogP contribution in [0.5, 0.6) is 0 Å². The molecule has 1 aromatic rings. The van der Waals surface area contributed by atoms with Crippen LogP contribution in [0.3, 0.4) is 0 Å². The maximum atomic E-state index is 11.6. The van der Waals surface area contributed by atoms with Crippen molar-refractivity contribution in [3.8, 4) is 0 Å². The van der Waals surface area contributed by atoms with E-state index in [-0.39, 0.29) is 11.7 Å². The van der Waals surface area contributed by atoms with E-state index < -0.39 is 9.05 Å². The molecule has 0 radical (unpaired) electrons. The second-order valence-electron chi connectivity index (χ2n) is 4.06. The molecule has 0 N–H and O–H groups in total. The normalized spacial score (nSPS) is 15.9. The number of hydrogen-bond donors (Lipinski definition) is 0. The summed E-state index contributed by atoms with van der Waals surface area (Å²) in [6, 6.07) is 5.39.